The smallest absolute Gasteiger partial charge is 0.326 e. The van der Waals surface area contributed by atoms with Gasteiger partial charge in [-0.15, -0.1) is 0 Å². The normalized spacial score (nSPS) is 23.0. The van der Waals surface area contributed by atoms with Crippen LogP contribution in [0.4, 0.5) is 4.79 Å². The predicted octanol–water partition coefficient (Wildman–Crippen LogP) is -0.704. The van der Waals surface area contributed by atoms with Gasteiger partial charge in [-0.05, 0) is 32.6 Å². The largest absolute Gasteiger partial charge is 0.480 e. The van der Waals surface area contributed by atoms with E-state index in [1.54, 1.807) is 0 Å². The van der Waals surface area contributed by atoms with Crippen molar-refractivity contribution in [2.75, 3.05) is 6.54 Å². The van der Waals surface area contributed by atoms with Crippen molar-refractivity contribution >= 4 is 23.8 Å². The monoisotopic (exact) mass is 283 g/mol. The second kappa shape index (κ2) is 4.77. The van der Waals surface area contributed by atoms with E-state index in [4.69, 9.17) is 5.11 Å². The number of amides is 4. The zero-order valence-corrected chi connectivity index (χ0v) is 11.3. The molecule has 0 radical (unpaired) electrons. The average Bonchev–Trinajstić information content (AvgIpc) is 3.14. The van der Waals surface area contributed by atoms with E-state index in [9.17, 15) is 19.2 Å². The number of aliphatic carboxylic acids is 1. The van der Waals surface area contributed by atoms with Gasteiger partial charge in [0.25, 0.3) is 5.91 Å². The number of nitrogens with one attached hydrogen (secondary N) is 2. The van der Waals surface area contributed by atoms with E-state index >= 15 is 0 Å². The molecule has 1 atom stereocenters. The van der Waals surface area contributed by atoms with E-state index < -0.39 is 35.4 Å². The summed E-state index contributed by atoms with van der Waals surface area (Å²) >= 11 is 0. The summed E-state index contributed by atoms with van der Waals surface area (Å²) in [6, 6.07) is -1.68. The zero-order chi connectivity index (χ0) is 15.1. The number of carboxylic acids is 1. The van der Waals surface area contributed by atoms with E-state index in [2.05, 4.69) is 10.6 Å². The molecule has 0 spiro atoms. The zero-order valence-electron chi connectivity index (χ0n) is 11.3. The first-order valence-corrected chi connectivity index (χ1v) is 6.38. The van der Waals surface area contributed by atoms with Crippen LogP contribution in [0.2, 0.25) is 0 Å². The molecule has 1 heterocycles. The molecule has 0 bridgehead atoms. The molecular weight excluding hydrogens is 266 g/mol. The van der Waals surface area contributed by atoms with Crippen LogP contribution in [0.15, 0.2) is 0 Å². The van der Waals surface area contributed by atoms with E-state index in [1.165, 1.54) is 13.8 Å². The van der Waals surface area contributed by atoms with Gasteiger partial charge in [-0.1, -0.05) is 0 Å². The van der Waals surface area contributed by atoms with Crippen molar-refractivity contribution in [1.82, 2.24) is 15.5 Å². The quantitative estimate of drug-likeness (QED) is 0.592. The number of nitrogens with zero attached hydrogens (tertiary/aromatic N) is 1. The third-order valence-corrected chi connectivity index (χ3v) is 3.67. The molecule has 20 heavy (non-hydrogen) atoms. The number of hydrogen-bond donors (Lipinski definition) is 3. The summed E-state index contributed by atoms with van der Waals surface area (Å²) in [6.45, 7) is 2.73. The third-order valence-electron chi connectivity index (χ3n) is 3.67. The Kier molecular flexibility index (Phi) is 3.41. The van der Waals surface area contributed by atoms with Gasteiger partial charge in [-0.2, -0.15) is 0 Å². The van der Waals surface area contributed by atoms with Crippen LogP contribution in [-0.2, 0) is 14.4 Å². The van der Waals surface area contributed by atoms with Crippen LogP contribution < -0.4 is 10.6 Å². The number of rotatable bonds is 3. The van der Waals surface area contributed by atoms with Crippen LogP contribution in [-0.4, -0.2) is 51.9 Å². The number of carbonyl (C=O) groups excluding carboxylic acids is 3. The molecule has 1 aliphatic heterocycles. The summed E-state index contributed by atoms with van der Waals surface area (Å²) < 4.78 is 0. The molecule has 1 saturated carbocycles. The molecule has 2 fully saturated rings. The lowest BCUT2D eigenvalue weighted by molar-refractivity contribution is -0.142. The standard InChI is InChI=1S/C12H17N3O5/c1-12(2)10(19)13-7(16)5-15(12)11(20)14-8(9(17)18)6-3-4-6/h6,8H,3-5H2,1-2H3,(H,14,20)(H,17,18)(H,13,16,19). The molecule has 2 rings (SSSR count). The van der Waals surface area contributed by atoms with Gasteiger partial charge in [0.1, 0.15) is 18.1 Å². The second-order valence-corrected chi connectivity index (χ2v) is 5.63. The molecule has 1 aliphatic carbocycles. The fourth-order valence-corrected chi connectivity index (χ4v) is 2.13. The first-order valence-electron chi connectivity index (χ1n) is 6.38. The highest BCUT2D eigenvalue weighted by atomic mass is 16.4. The van der Waals surface area contributed by atoms with Gasteiger partial charge in [0, 0.05) is 0 Å². The third kappa shape index (κ3) is 2.59. The Labute approximate surface area is 115 Å². The molecule has 4 amide bonds. The van der Waals surface area contributed by atoms with Crippen molar-refractivity contribution in [1.29, 1.82) is 0 Å². The molecule has 8 nitrogen and oxygen atoms in total. The topological polar surface area (TPSA) is 116 Å². The Morgan fingerprint density at radius 2 is 2.00 bits per heavy atom. The van der Waals surface area contributed by atoms with Crippen LogP contribution in [0.5, 0.6) is 0 Å². The summed E-state index contributed by atoms with van der Waals surface area (Å²) in [5, 5.41) is 13.6. The lowest BCUT2D eigenvalue weighted by Gasteiger charge is -2.40. The molecule has 110 valence electrons. The molecule has 3 N–H and O–H groups in total. The van der Waals surface area contributed by atoms with Crippen molar-refractivity contribution in [2.45, 2.75) is 38.3 Å². The van der Waals surface area contributed by atoms with Crippen molar-refractivity contribution in [3.63, 3.8) is 0 Å². The number of hydrogen-bond acceptors (Lipinski definition) is 4. The molecule has 0 aromatic carbocycles. The maximum Gasteiger partial charge on any atom is 0.326 e. The van der Waals surface area contributed by atoms with Crippen molar-refractivity contribution in [3.8, 4) is 0 Å². The SMILES string of the molecule is CC1(C)C(=O)NC(=O)CN1C(=O)NC(C(=O)O)C1CC1. The first kappa shape index (κ1) is 14.3. The van der Waals surface area contributed by atoms with E-state index in [-0.39, 0.29) is 12.5 Å². The maximum atomic E-state index is 12.2. The Balaban J connectivity index is 2.12. The molecule has 0 aromatic rings. The highest BCUT2D eigenvalue weighted by Crippen LogP contribution is 2.33. The predicted molar refractivity (Wildman–Crippen MR) is 66.6 cm³/mol. The highest BCUT2D eigenvalue weighted by Gasteiger charge is 2.45. The fraction of sp³-hybridized carbons (Fsp3) is 0.667. The molecule has 8 heteroatoms. The Morgan fingerprint density at radius 1 is 1.40 bits per heavy atom. The van der Waals surface area contributed by atoms with Crippen molar-refractivity contribution < 1.29 is 24.3 Å². The number of piperazine rings is 1. The first-order chi connectivity index (χ1) is 9.23. The van der Waals surface area contributed by atoms with E-state index in [0.29, 0.717) is 0 Å². The van der Waals surface area contributed by atoms with E-state index in [0.717, 1.165) is 17.7 Å². The molecule has 2 aliphatic rings. The van der Waals surface area contributed by atoms with Gasteiger partial charge in [0.15, 0.2) is 0 Å². The minimum Gasteiger partial charge on any atom is -0.480 e. The fourth-order valence-electron chi connectivity index (χ4n) is 2.13. The Morgan fingerprint density at radius 3 is 2.50 bits per heavy atom. The van der Waals surface area contributed by atoms with Crippen LogP contribution in [0, 0.1) is 5.92 Å². The summed E-state index contributed by atoms with van der Waals surface area (Å²) in [4.78, 5) is 47.5. The van der Waals surface area contributed by atoms with Gasteiger partial charge in [0.2, 0.25) is 5.91 Å². The summed E-state index contributed by atoms with van der Waals surface area (Å²) in [5.41, 5.74) is -1.20. The second-order valence-electron chi connectivity index (χ2n) is 5.63. The maximum absolute atomic E-state index is 12.2. The minimum absolute atomic E-state index is 0.0751. The number of carboxylic acid groups (broad SMARTS) is 1. The summed E-state index contributed by atoms with van der Waals surface area (Å²) in [7, 11) is 0. The van der Waals surface area contributed by atoms with Gasteiger partial charge in [-0.3, -0.25) is 14.9 Å². The molecule has 1 saturated heterocycles. The molecular formula is C12H17N3O5. The van der Waals surface area contributed by atoms with Crippen LogP contribution in [0.1, 0.15) is 26.7 Å². The Hall–Kier alpha value is -2.12. The Bertz CT molecular complexity index is 483. The van der Waals surface area contributed by atoms with Gasteiger partial charge >= 0.3 is 12.0 Å². The highest BCUT2D eigenvalue weighted by molar-refractivity contribution is 6.06. The number of imide groups is 1. The lowest BCUT2D eigenvalue weighted by atomic mass is 9.99. The summed E-state index contributed by atoms with van der Waals surface area (Å²) in [5.74, 6) is -2.34. The van der Waals surface area contributed by atoms with Crippen LogP contribution in [0.3, 0.4) is 0 Å². The molecule has 0 aromatic heterocycles. The van der Waals surface area contributed by atoms with Gasteiger partial charge in [-0.25, -0.2) is 9.59 Å². The van der Waals surface area contributed by atoms with Crippen molar-refractivity contribution in [3.05, 3.63) is 0 Å². The average molecular weight is 283 g/mol. The van der Waals surface area contributed by atoms with Crippen LogP contribution >= 0.6 is 0 Å². The van der Waals surface area contributed by atoms with Crippen LogP contribution in [0.25, 0.3) is 0 Å². The van der Waals surface area contributed by atoms with Gasteiger partial charge in [0.05, 0.1) is 0 Å². The van der Waals surface area contributed by atoms with Gasteiger partial charge < -0.3 is 15.3 Å². The lowest BCUT2D eigenvalue weighted by Crippen LogP contribution is -2.68. The number of urea groups is 1. The van der Waals surface area contributed by atoms with Crippen molar-refractivity contribution in [2.24, 2.45) is 5.92 Å². The molecule has 1 unspecified atom stereocenters. The summed E-state index contributed by atoms with van der Waals surface area (Å²) in [6.07, 6.45) is 1.50. The minimum atomic E-state index is -1.20. The number of carbonyl (C=O) groups is 4. The van der Waals surface area contributed by atoms with E-state index in [1.807, 2.05) is 0 Å².